The smallest absolute Gasteiger partial charge is 0.320 e. The van der Waals surface area contributed by atoms with E-state index >= 15 is 0 Å². The number of rotatable bonds is 6. The molecule has 0 radical (unpaired) electrons. The lowest BCUT2D eigenvalue weighted by Gasteiger charge is -2.28. The Morgan fingerprint density at radius 2 is 1.70 bits per heavy atom. The van der Waals surface area contributed by atoms with Crippen molar-refractivity contribution in [3.05, 3.63) is 69.7 Å². The van der Waals surface area contributed by atoms with E-state index in [-0.39, 0.29) is 12.1 Å². The number of halogens is 2. The molecule has 3 amide bonds. The molecule has 2 aromatic carbocycles. The molecule has 1 saturated heterocycles. The lowest BCUT2D eigenvalue weighted by molar-refractivity contribution is -0.110. The highest BCUT2D eigenvalue weighted by atomic mass is 35.5. The fraction of sp³-hybridized carbons (Fsp3) is 0.300. The molecule has 2 aromatic rings. The summed E-state index contributed by atoms with van der Waals surface area (Å²) in [6.45, 7) is 2.01. The van der Waals surface area contributed by atoms with Crippen LogP contribution >= 0.6 is 23.2 Å². The summed E-state index contributed by atoms with van der Waals surface area (Å²) in [5.41, 5.74) is 1.92. The first-order valence-corrected chi connectivity index (χ1v) is 9.53. The average Bonchev–Trinajstić information content (AvgIpc) is 3.10. The molecule has 0 spiro atoms. The summed E-state index contributed by atoms with van der Waals surface area (Å²) in [7, 11) is 0. The van der Waals surface area contributed by atoms with Gasteiger partial charge in [-0.05, 0) is 41.8 Å². The van der Waals surface area contributed by atoms with Gasteiger partial charge in [0, 0.05) is 42.3 Å². The van der Waals surface area contributed by atoms with Crippen LogP contribution in [0.2, 0.25) is 10.0 Å². The van der Waals surface area contributed by atoms with Gasteiger partial charge in [0.2, 0.25) is 6.41 Å². The zero-order chi connectivity index (χ0) is 19.2. The van der Waals surface area contributed by atoms with Crippen molar-refractivity contribution in [2.75, 3.05) is 13.1 Å². The van der Waals surface area contributed by atoms with Gasteiger partial charge in [-0.3, -0.25) is 4.79 Å². The van der Waals surface area contributed by atoms with Crippen molar-refractivity contribution in [1.29, 1.82) is 0 Å². The summed E-state index contributed by atoms with van der Waals surface area (Å²) >= 11 is 12.2. The van der Waals surface area contributed by atoms with Crippen molar-refractivity contribution in [1.82, 2.24) is 15.1 Å². The highest BCUT2D eigenvalue weighted by molar-refractivity contribution is 6.30. The van der Waals surface area contributed by atoms with Crippen LogP contribution in [0.1, 0.15) is 17.5 Å². The van der Waals surface area contributed by atoms with Gasteiger partial charge in [-0.25, -0.2) is 4.79 Å². The largest absolute Gasteiger partial charge is 0.354 e. The summed E-state index contributed by atoms with van der Waals surface area (Å²) in [5.74, 6) is 0. The zero-order valence-electron chi connectivity index (χ0n) is 14.8. The van der Waals surface area contributed by atoms with Crippen LogP contribution in [0.25, 0.3) is 0 Å². The summed E-state index contributed by atoms with van der Waals surface area (Å²) < 4.78 is 0. The fourth-order valence-electron chi connectivity index (χ4n) is 3.27. The number of carbonyl (C=O) groups excluding carboxylic acids is 2. The van der Waals surface area contributed by atoms with E-state index in [1.165, 1.54) is 0 Å². The van der Waals surface area contributed by atoms with Gasteiger partial charge in [0.05, 0.1) is 0 Å². The van der Waals surface area contributed by atoms with E-state index < -0.39 is 0 Å². The van der Waals surface area contributed by atoms with Crippen molar-refractivity contribution in [3.8, 4) is 0 Å². The van der Waals surface area contributed by atoms with Crippen molar-refractivity contribution >= 4 is 35.6 Å². The van der Waals surface area contributed by atoms with Crippen LogP contribution in [-0.2, 0) is 17.9 Å². The monoisotopic (exact) mass is 405 g/mol. The number of hydrogen-bond donors (Lipinski definition) is 1. The van der Waals surface area contributed by atoms with E-state index in [0.29, 0.717) is 42.6 Å². The number of nitrogens with one attached hydrogen (secondary N) is 1. The molecule has 27 heavy (non-hydrogen) atoms. The molecule has 1 aliphatic heterocycles. The van der Waals surface area contributed by atoms with Crippen molar-refractivity contribution in [2.24, 2.45) is 0 Å². The van der Waals surface area contributed by atoms with Crippen LogP contribution in [-0.4, -0.2) is 41.4 Å². The molecule has 7 heteroatoms. The Kier molecular flexibility index (Phi) is 6.58. The van der Waals surface area contributed by atoms with Crippen LogP contribution in [0, 0.1) is 0 Å². The van der Waals surface area contributed by atoms with E-state index in [2.05, 4.69) is 5.32 Å². The van der Waals surface area contributed by atoms with Crippen molar-refractivity contribution in [3.63, 3.8) is 0 Å². The lowest BCUT2D eigenvalue weighted by atomic mass is 10.1. The van der Waals surface area contributed by atoms with Crippen molar-refractivity contribution in [2.45, 2.75) is 25.6 Å². The molecule has 142 valence electrons. The zero-order valence-corrected chi connectivity index (χ0v) is 16.3. The van der Waals surface area contributed by atoms with Gasteiger partial charge in [0.25, 0.3) is 0 Å². The third-order valence-electron chi connectivity index (χ3n) is 4.56. The van der Waals surface area contributed by atoms with E-state index in [4.69, 9.17) is 23.2 Å². The first-order valence-electron chi connectivity index (χ1n) is 8.77. The lowest BCUT2D eigenvalue weighted by Crippen LogP contribution is -2.42. The maximum absolute atomic E-state index is 13.1. The molecular weight excluding hydrogens is 385 g/mol. The first-order chi connectivity index (χ1) is 13.0. The van der Waals surface area contributed by atoms with Gasteiger partial charge in [0.15, 0.2) is 0 Å². The molecule has 1 heterocycles. The quantitative estimate of drug-likeness (QED) is 0.739. The van der Waals surface area contributed by atoms with Gasteiger partial charge in [-0.15, -0.1) is 0 Å². The Labute approximate surface area is 168 Å². The standard InChI is InChI=1S/C20H21Cl2N3O2/c21-17-5-1-3-15(9-17)11-25(12-16-4-2-6-18(22)10-16)20(27)24-8-7-19(13-24)23-14-26/h1-6,9-10,14,19H,7-8,11-13H2,(H,23,26). The highest BCUT2D eigenvalue weighted by Crippen LogP contribution is 2.20. The molecule has 1 atom stereocenters. The second-order valence-electron chi connectivity index (χ2n) is 6.61. The Balaban J connectivity index is 1.78. The van der Waals surface area contributed by atoms with Gasteiger partial charge in [0.1, 0.15) is 0 Å². The Morgan fingerprint density at radius 3 is 2.22 bits per heavy atom. The molecule has 0 aliphatic carbocycles. The van der Waals surface area contributed by atoms with E-state index in [1.807, 2.05) is 48.5 Å². The second-order valence-corrected chi connectivity index (χ2v) is 7.49. The SMILES string of the molecule is O=CNC1CCN(C(=O)N(Cc2cccc(Cl)c2)Cc2cccc(Cl)c2)C1. The minimum absolute atomic E-state index is 0.00522. The number of benzene rings is 2. The number of hydrogen-bond acceptors (Lipinski definition) is 2. The molecule has 1 aliphatic rings. The fourth-order valence-corrected chi connectivity index (χ4v) is 3.69. The van der Waals surface area contributed by atoms with Crippen LogP contribution in [0.4, 0.5) is 4.79 Å². The molecule has 0 aromatic heterocycles. The predicted octanol–water partition coefficient (Wildman–Crippen LogP) is 3.94. The molecule has 1 N–H and O–H groups in total. The third-order valence-corrected chi connectivity index (χ3v) is 5.03. The summed E-state index contributed by atoms with van der Waals surface area (Å²) in [6.07, 6.45) is 1.45. The maximum Gasteiger partial charge on any atom is 0.320 e. The van der Waals surface area contributed by atoms with Crippen LogP contribution in [0.5, 0.6) is 0 Å². The average molecular weight is 406 g/mol. The van der Waals surface area contributed by atoms with Crippen molar-refractivity contribution < 1.29 is 9.59 Å². The summed E-state index contributed by atoms with van der Waals surface area (Å²) in [4.78, 5) is 27.4. The van der Waals surface area contributed by atoms with Crippen LogP contribution in [0.3, 0.4) is 0 Å². The number of nitrogens with zero attached hydrogens (tertiary/aromatic N) is 2. The second kappa shape index (κ2) is 9.11. The molecule has 1 fully saturated rings. The van der Waals surface area contributed by atoms with Gasteiger partial charge < -0.3 is 15.1 Å². The topological polar surface area (TPSA) is 52.7 Å². The minimum Gasteiger partial charge on any atom is -0.354 e. The normalized spacial score (nSPS) is 16.2. The number of likely N-dealkylation sites (tertiary alicyclic amines) is 1. The molecule has 1 unspecified atom stereocenters. The van der Waals surface area contributed by atoms with Crippen LogP contribution in [0.15, 0.2) is 48.5 Å². The Bertz CT molecular complexity index is 768. The molecule has 0 bridgehead atoms. The van der Waals surface area contributed by atoms with Gasteiger partial charge in [-0.1, -0.05) is 47.5 Å². The molecule has 3 rings (SSSR count). The molecule has 0 saturated carbocycles. The number of urea groups is 1. The minimum atomic E-state index is -0.0647. The Hall–Kier alpha value is -2.24. The van der Waals surface area contributed by atoms with Gasteiger partial charge >= 0.3 is 6.03 Å². The summed E-state index contributed by atoms with van der Waals surface area (Å²) in [6, 6.07) is 14.9. The summed E-state index contributed by atoms with van der Waals surface area (Å²) in [5, 5.41) is 4.03. The maximum atomic E-state index is 13.1. The predicted molar refractivity (Wildman–Crippen MR) is 107 cm³/mol. The van der Waals surface area contributed by atoms with Gasteiger partial charge in [-0.2, -0.15) is 0 Å². The van der Waals surface area contributed by atoms with E-state index in [0.717, 1.165) is 17.5 Å². The molecule has 5 nitrogen and oxygen atoms in total. The first kappa shape index (κ1) is 19.5. The van der Waals surface area contributed by atoms with Crippen LogP contribution < -0.4 is 5.32 Å². The third kappa shape index (κ3) is 5.37. The number of amides is 3. The van der Waals surface area contributed by atoms with E-state index in [1.54, 1.807) is 9.80 Å². The highest BCUT2D eigenvalue weighted by Gasteiger charge is 2.29. The van der Waals surface area contributed by atoms with E-state index in [9.17, 15) is 9.59 Å². The number of carbonyl (C=O) groups is 2. The Morgan fingerprint density at radius 1 is 1.11 bits per heavy atom. The molecular formula is C20H21Cl2N3O2.